The molecule has 1 aliphatic heterocycles. The van der Waals surface area contributed by atoms with Crippen LogP contribution in [0.5, 0.6) is 11.5 Å². The fourth-order valence-corrected chi connectivity index (χ4v) is 4.64. The van der Waals surface area contributed by atoms with Gasteiger partial charge < -0.3 is 9.47 Å². The first-order chi connectivity index (χ1) is 16.5. The van der Waals surface area contributed by atoms with Crippen molar-refractivity contribution in [3.8, 4) is 11.5 Å². The van der Waals surface area contributed by atoms with Crippen LogP contribution < -0.4 is 14.4 Å². The fourth-order valence-electron chi connectivity index (χ4n) is 3.34. The highest BCUT2D eigenvalue weighted by atomic mass is 32.2. The second-order valence-electron chi connectivity index (χ2n) is 7.21. The minimum Gasteiger partial charge on any atom is -0.490 e. The average molecular weight is 493 g/mol. The summed E-state index contributed by atoms with van der Waals surface area (Å²) in [6.07, 6.45) is 1.77. The lowest BCUT2D eigenvalue weighted by Crippen LogP contribution is -2.27. The normalized spacial score (nSPS) is 14.5. The summed E-state index contributed by atoms with van der Waals surface area (Å²) in [6, 6.07) is 20.9. The van der Waals surface area contributed by atoms with Gasteiger partial charge in [0, 0.05) is 12.1 Å². The first-order valence-corrected chi connectivity index (χ1v) is 11.6. The molecule has 7 nitrogen and oxygen atoms in total. The van der Waals surface area contributed by atoms with Gasteiger partial charge in [-0.25, -0.2) is 0 Å². The van der Waals surface area contributed by atoms with Crippen LogP contribution in [0.25, 0.3) is 6.08 Å². The van der Waals surface area contributed by atoms with Gasteiger partial charge in [-0.15, -0.1) is 0 Å². The van der Waals surface area contributed by atoms with E-state index >= 15 is 0 Å². The number of non-ortho nitro benzene ring substituents is 1. The van der Waals surface area contributed by atoms with Gasteiger partial charge in [-0.3, -0.25) is 19.8 Å². The molecule has 0 aromatic heterocycles. The molecule has 0 atom stereocenters. The number of nitro groups is 1. The Bertz CT molecular complexity index is 1280. The summed E-state index contributed by atoms with van der Waals surface area (Å²) in [6.45, 7) is 2.44. The molecule has 1 saturated heterocycles. The van der Waals surface area contributed by atoms with Crippen molar-refractivity contribution >= 4 is 51.7 Å². The molecule has 4 rings (SSSR count). The third kappa shape index (κ3) is 5.27. The molecule has 9 heteroatoms. The van der Waals surface area contributed by atoms with Gasteiger partial charge >= 0.3 is 0 Å². The van der Waals surface area contributed by atoms with Gasteiger partial charge in [0.25, 0.3) is 11.6 Å². The Morgan fingerprint density at radius 3 is 2.56 bits per heavy atom. The number of hydrogen-bond acceptors (Lipinski definition) is 7. The summed E-state index contributed by atoms with van der Waals surface area (Å²) in [5.41, 5.74) is 2.17. The molecule has 1 aliphatic rings. The van der Waals surface area contributed by atoms with E-state index in [1.165, 1.54) is 28.8 Å². The third-order valence-corrected chi connectivity index (χ3v) is 6.19. The molecule has 172 valence electrons. The van der Waals surface area contributed by atoms with Gasteiger partial charge in [-0.1, -0.05) is 60.4 Å². The van der Waals surface area contributed by atoms with E-state index in [1.54, 1.807) is 30.3 Å². The fraction of sp³-hybridized carbons (Fsp3) is 0.120. The van der Waals surface area contributed by atoms with Crippen molar-refractivity contribution in [2.45, 2.75) is 13.5 Å². The zero-order valence-corrected chi connectivity index (χ0v) is 19.8. The molecule has 3 aromatic carbocycles. The second-order valence-corrected chi connectivity index (χ2v) is 8.88. The number of hydrogen-bond donors (Lipinski definition) is 0. The lowest BCUT2D eigenvalue weighted by molar-refractivity contribution is -0.384. The molecule has 0 unspecified atom stereocenters. The minimum absolute atomic E-state index is 0.00861. The average Bonchev–Trinajstić information content (AvgIpc) is 3.12. The van der Waals surface area contributed by atoms with Crippen LogP contribution in [0.4, 0.5) is 11.4 Å². The molecule has 0 bridgehead atoms. The van der Waals surface area contributed by atoms with Gasteiger partial charge in [0.05, 0.1) is 22.1 Å². The number of ether oxygens (including phenoxy) is 2. The maximum atomic E-state index is 13.0. The second kappa shape index (κ2) is 10.5. The molecule has 0 spiro atoms. The van der Waals surface area contributed by atoms with E-state index in [1.807, 2.05) is 43.3 Å². The molecule has 0 saturated carbocycles. The summed E-state index contributed by atoms with van der Waals surface area (Å²) in [7, 11) is 0. The minimum atomic E-state index is -0.440. The van der Waals surface area contributed by atoms with E-state index in [0.29, 0.717) is 32.9 Å². The maximum absolute atomic E-state index is 13.0. The molecule has 0 aliphatic carbocycles. The highest BCUT2D eigenvalue weighted by molar-refractivity contribution is 8.27. The zero-order valence-electron chi connectivity index (χ0n) is 18.2. The van der Waals surface area contributed by atoms with E-state index in [2.05, 4.69) is 0 Å². The van der Waals surface area contributed by atoms with Crippen LogP contribution in [-0.4, -0.2) is 21.8 Å². The number of carbonyl (C=O) groups is 1. The number of nitrogens with zero attached hydrogens (tertiary/aromatic N) is 2. The Morgan fingerprint density at radius 1 is 1.03 bits per heavy atom. The number of thiocarbonyl (C=S) groups is 1. The third-order valence-electron chi connectivity index (χ3n) is 4.89. The first kappa shape index (κ1) is 23.5. The molecular weight excluding hydrogens is 472 g/mol. The Labute approximate surface area is 206 Å². The number of thioether (sulfide) groups is 1. The predicted octanol–water partition coefficient (Wildman–Crippen LogP) is 5.98. The van der Waals surface area contributed by atoms with Gasteiger partial charge in [0.1, 0.15) is 6.61 Å². The Morgan fingerprint density at radius 2 is 1.82 bits per heavy atom. The molecule has 34 heavy (non-hydrogen) atoms. The Balaban J connectivity index is 1.54. The van der Waals surface area contributed by atoms with Crippen LogP contribution in [0.2, 0.25) is 0 Å². The van der Waals surface area contributed by atoms with E-state index in [0.717, 1.165) is 11.3 Å². The number of amides is 1. The number of nitro benzene ring substituents is 1. The van der Waals surface area contributed by atoms with E-state index < -0.39 is 4.92 Å². The molecule has 0 N–H and O–H groups in total. The number of anilines is 1. The lowest BCUT2D eigenvalue weighted by Gasteiger charge is -2.14. The smallest absolute Gasteiger partial charge is 0.270 e. The zero-order chi connectivity index (χ0) is 24.1. The number of benzene rings is 3. The highest BCUT2D eigenvalue weighted by Gasteiger charge is 2.33. The van der Waals surface area contributed by atoms with Crippen molar-refractivity contribution in [1.82, 2.24) is 0 Å². The van der Waals surface area contributed by atoms with Crippen LogP contribution >= 0.6 is 24.0 Å². The molecular formula is C25H20N2O5S2. The SMILES string of the molecule is CCOc1cc(/C=C2/SC(=S)N(c3ccccc3)C2=O)ccc1OCc1cccc([N+](=O)[O-])c1. The largest absolute Gasteiger partial charge is 0.490 e. The van der Waals surface area contributed by atoms with Gasteiger partial charge in [0.15, 0.2) is 15.8 Å². The topological polar surface area (TPSA) is 81.9 Å². The standard InChI is InChI=1S/C25H20N2O5S2/c1-2-31-22-14-17(11-12-21(22)32-16-18-7-6-10-20(13-18)27(29)30)15-23-24(28)26(25(33)34-23)19-8-4-3-5-9-19/h3-15H,2,16H2,1H3/b23-15+. The van der Waals surface area contributed by atoms with E-state index in [4.69, 9.17) is 21.7 Å². The summed E-state index contributed by atoms with van der Waals surface area (Å²) >= 11 is 6.68. The van der Waals surface area contributed by atoms with Crippen molar-refractivity contribution in [3.63, 3.8) is 0 Å². The van der Waals surface area contributed by atoms with E-state index in [-0.39, 0.29) is 18.2 Å². The number of carbonyl (C=O) groups excluding carboxylic acids is 1. The van der Waals surface area contributed by atoms with E-state index in [9.17, 15) is 14.9 Å². The number of para-hydroxylation sites is 1. The van der Waals surface area contributed by atoms with Gasteiger partial charge in [-0.05, 0) is 48.4 Å². The molecule has 1 fully saturated rings. The summed E-state index contributed by atoms with van der Waals surface area (Å²) in [5, 5.41) is 11.0. The first-order valence-electron chi connectivity index (χ1n) is 10.4. The van der Waals surface area contributed by atoms with Crippen LogP contribution in [0.3, 0.4) is 0 Å². The van der Waals surface area contributed by atoms with Crippen LogP contribution in [0.1, 0.15) is 18.1 Å². The van der Waals surface area contributed by atoms with Gasteiger partial charge in [0.2, 0.25) is 0 Å². The van der Waals surface area contributed by atoms with Crippen molar-refractivity contribution in [3.05, 3.63) is 98.9 Å². The highest BCUT2D eigenvalue weighted by Crippen LogP contribution is 2.37. The monoisotopic (exact) mass is 492 g/mol. The Kier molecular flexibility index (Phi) is 7.24. The molecule has 1 amide bonds. The Hall–Kier alpha value is -3.69. The predicted molar refractivity (Wildman–Crippen MR) is 137 cm³/mol. The summed E-state index contributed by atoms with van der Waals surface area (Å²) < 4.78 is 12.1. The molecule has 1 heterocycles. The van der Waals surface area contributed by atoms with Crippen molar-refractivity contribution in [1.29, 1.82) is 0 Å². The van der Waals surface area contributed by atoms with Crippen LogP contribution in [0, 0.1) is 10.1 Å². The quantitative estimate of drug-likeness (QED) is 0.166. The van der Waals surface area contributed by atoms with Crippen LogP contribution in [0.15, 0.2) is 77.7 Å². The van der Waals surface area contributed by atoms with Crippen molar-refractivity contribution in [2.24, 2.45) is 0 Å². The van der Waals surface area contributed by atoms with Gasteiger partial charge in [-0.2, -0.15) is 0 Å². The lowest BCUT2D eigenvalue weighted by atomic mass is 10.1. The molecule has 0 radical (unpaired) electrons. The van der Waals surface area contributed by atoms with Crippen molar-refractivity contribution in [2.75, 3.05) is 11.5 Å². The van der Waals surface area contributed by atoms with Crippen LogP contribution in [-0.2, 0) is 11.4 Å². The van der Waals surface area contributed by atoms with Crippen molar-refractivity contribution < 1.29 is 19.2 Å². The maximum Gasteiger partial charge on any atom is 0.270 e. The summed E-state index contributed by atoms with van der Waals surface area (Å²) in [5.74, 6) is 0.840. The summed E-state index contributed by atoms with van der Waals surface area (Å²) in [4.78, 5) is 25.6. The molecule has 3 aromatic rings. The number of rotatable bonds is 8.